The number of aryl methyl sites for hydroxylation is 1. The van der Waals surface area contributed by atoms with Crippen LogP contribution in [0.1, 0.15) is 25.1 Å². The molecular formula is C22H22N2O3S. The first-order chi connectivity index (χ1) is 13.5. The van der Waals surface area contributed by atoms with Crippen LogP contribution in [0, 0.1) is 0 Å². The van der Waals surface area contributed by atoms with E-state index in [1.54, 1.807) is 19.1 Å². The lowest BCUT2D eigenvalue weighted by atomic mass is 10.1. The predicted octanol–water partition coefficient (Wildman–Crippen LogP) is 4.49. The van der Waals surface area contributed by atoms with Gasteiger partial charge >= 0.3 is 5.97 Å². The highest BCUT2D eigenvalue weighted by molar-refractivity contribution is 7.13. The molecular weight excluding hydrogens is 372 g/mol. The first kappa shape index (κ1) is 19.8. The molecule has 0 saturated heterocycles. The van der Waals surface area contributed by atoms with Crippen molar-refractivity contribution in [3.05, 3.63) is 71.2 Å². The monoisotopic (exact) mass is 394 g/mol. The maximum Gasteiger partial charge on any atom is 0.312 e. The number of esters is 1. The van der Waals surface area contributed by atoms with Gasteiger partial charge in [0.15, 0.2) is 6.10 Å². The highest BCUT2D eigenvalue weighted by Crippen LogP contribution is 2.24. The van der Waals surface area contributed by atoms with Crippen molar-refractivity contribution in [3.63, 3.8) is 0 Å². The number of amides is 1. The fourth-order valence-corrected chi connectivity index (χ4v) is 3.44. The maximum atomic E-state index is 12.2. The largest absolute Gasteiger partial charge is 0.452 e. The third-order valence-electron chi connectivity index (χ3n) is 4.21. The minimum absolute atomic E-state index is 0.0342. The summed E-state index contributed by atoms with van der Waals surface area (Å²) in [6.07, 6.45) is 0.144. The van der Waals surface area contributed by atoms with Gasteiger partial charge in [-0.15, -0.1) is 11.3 Å². The molecule has 28 heavy (non-hydrogen) atoms. The van der Waals surface area contributed by atoms with Crippen LogP contribution < -0.4 is 5.32 Å². The second-order valence-corrected chi connectivity index (χ2v) is 7.22. The molecule has 0 fully saturated rings. The molecule has 0 saturated carbocycles. The zero-order valence-electron chi connectivity index (χ0n) is 15.8. The Balaban J connectivity index is 1.54. The van der Waals surface area contributed by atoms with Gasteiger partial charge in [-0.1, -0.05) is 49.4 Å². The fraction of sp³-hybridized carbons (Fsp3) is 0.227. The number of ether oxygens (including phenoxy) is 1. The van der Waals surface area contributed by atoms with Crippen molar-refractivity contribution >= 4 is 28.9 Å². The summed E-state index contributed by atoms with van der Waals surface area (Å²) in [5, 5.41) is 5.42. The molecule has 0 aliphatic carbocycles. The van der Waals surface area contributed by atoms with Gasteiger partial charge in [0.2, 0.25) is 0 Å². The van der Waals surface area contributed by atoms with E-state index in [1.165, 1.54) is 16.9 Å². The Hall–Kier alpha value is -2.99. The summed E-state index contributed by atoms with van der Waals surface area (Å²) in [5.74, 6) is -0.844. The van der Waals surface area contributed by atoms with E-state index in [0.29, 0.717) is 11.4 Å². The molecule has 3 rings (SSSR count). The van der Waals surface area contributed by atoms with Crippen LogP contribution in [0.3, 0.4) is 0 Å². The van der Waals surface area contributed by atoms with E-state index < -0.39 is 12.1 Å². The average molecular weight is 394 g/mol. The van der Waals surface area contributed by atoms with Crippen LogP contribution >= 0.6 is 11.3 Å². The molecule has 6 heteroatoms. The van der Waals surface area contributed by atoms with Crippen molar-refractivity contribution in [1.29, 1.82) is 0 Å². The van der Waals surface area contributed by atoms with Crippen molar-refractivity contribution in [2.24, 2.45) is 0 Å². The first-order valence-corrected chi connectivity index (χ1v) is 10.0. The van der Waals surface area contributed by atoms with E-state index >= 15 is 0 Å². The lowest BCUT2D eigenvalue weighted by Crippen LogP contribution is -2.30. The van der Waals surface area contributed by atoms with Crippen LogP contribution in [0.5, 0.6) is 0 Å². The number of benzene rings is 2. The van der Waals surface area contributed by atoms with Gasteiger partial charge < -0.3 is 10.1 Å². The molecule has 0 radical (unpaired) electrons. The smallest absolute Gasteiger partial charge is 0.312 e. The first-order valence-electron chi connectivity index (χ1n) is 9.14. The van der Waals surface area contributed by atoms with Crippen molar-refractivity contribution in [2.45, 2.75) is 32.8 Å². The summed E-state index contributed by atoms with van der Waals surface area (Å²) < 4.78 is 5.25. The fourth-order valence-electron chi connectivity index (χ4n) is 2.61. The van der Waals surface area contributed by atoms with Gasteiger partial charge in [0.25, 0.3) is 5.91 Å². The summed E-state index contributed by atoms with van der Waals surface area (Å²) in [7, 11) is 0. The minimum Gasteiger partial charge on any atom is -0.452 e. The van der Waals surface area contributed by atoms with E-state index in [2.05, 4.69) is 29.4 Å². The number of rotatable bonds is 7. The second kappa shape index (κ2) is 9.28. The molecule has 1 heterocycles. The van der Waals surface area contributed by atoms with Gasteiger partial charge in [0.05, 0.1) is 12.1 Å². The van der Waals surface area contributed by atoms with Crippen LogP contribution in [0.15, 0.2) is 60.0 Å². The van der Waals surface area contributed by atoms with Gasteiger partial charge in [-0.25, -0.2) is 4.98 Å². The van der Waals surface area contributed by atoms with Crippen molar-refractivity contribution < 1.29 is 14.3 Å². The summed E-state index contributed by atoms with van der Waals surface area (Å²) in [6.45, 7) is 3.67. The molecule has 144 valence electrons. The number of aromatic nitrogens is 1. The van der Waals surface area contributed by atoms with Crippen molar-refractivity contribution in [3.8, 4) is 10.6 Å². The van der Waals surface area contributed by atoms with E-state index in [4.69, 9.17) is 4.74 Å². The van der Waals surface area contributed by atoms with Crippen LogP contribution in [-0.2, 0) is 27.2 Å². The summed E-state index contributed by atoms with van der Waals surface area (Å²) in [5.41, 5.74) is 3.60. The molecule has 0 aliphatic heterocycles. The zero-order valence-corrected chi connectivity index (χ0v) is 16.7. The van der Waals surface area contributed by atoms with Crippen LogP contribution in [0.25, 0.3) is 10.6 Å². The highest BCUT2D eigenvalue weighted by Gasteiger charge is 2.19. The third-order valence-corrected chi connectivity index (χ3v) is 5.15. The van der Waals surface area contributed by atoms with Gasteiger partial charge in [0, 0.05) is 16.6 Å². The predicted molar refractivity (Wildman–Crippen MR) is 111 cm³/mol. The Bertz CT molecular complexity index is 936. The molecule has 0 spiro atoms. The molecule has 1 atom stereocenters. The van der Waals surface area contributed by atoms with Gasteiger partial charge in [-0.3, -0.25) is 9.59 Å². The molecule has 5 nitrogen and oxygen atoms in total. The second-order valence-electron chi connectivity index (χ2n) is 6.36. The number of hydrogen-bond acceptors (Lipinski definition) is 5. The molecule has 3 aromatic rings. The Labute approximate surface area is 168 Å². The maximum absolute atomic E-state index is 12.2. The van der Waals surface area contributed by atoms with Crippen LogP contribution in [0.2, 0.25) is 0 Å². The Morgan fingerprint density at radius 2 is 1.82 bits per heavy atom. The van der Waals surface area contributed by atoms with E-state index in [1.807, 2.05) is 35.7 Å². The van der Waals surface area contributed by atoms with Crippen LogP contribution in [-0.4, -0.2) is 23.0 Å². The molecule has 0 unspecified atom stereocenters. The molecule has 0 aliphatic rings. The molecule has 2 aromatic carbocycles. The number of nitrogens with zero attached hydrogens (tertiary/aromatic N) is 1. The minimum atomic E-state index is -0.882. The topological polar surface area (TPSA) is 68.3 Å². The Kier molecular flexibility index (Phi) is 6.55. The summed E-state index contributed by atoms with van der Waals surface area (Å²) in [4.78, 5) is 28.8. The number of carbonyl (C=O) groups is 2. The van der Waals surface area contributed by atoms with E-state index in [0.717, 1.165) is 17.0 Å². The molecule has 0 bridgehead atoms. The van der Waals surface area contributed by atoms with Crippen molar-refractivity contribution in [2.75, 3.05) is 5.32 Å². The number of anilines is 1. The van der Waals surface area contributed by atoms with Crippen LogP contribution in [0.4, 0.5) is 5.69 Å². The SMILES string of the molecule is CCc1ccc(-c2nc(CC(=O)O[C@@H](C)C(=O)Nc3ccccc3)cs2)cc1. The van der Waals surface area contributed by atoms with E-state index in [9.17, 15) is 9.59 Å². The number of nitrogens with one attached hydrogen (secondary N) is 1. The van der Waals surface area contributed by atoms with Gasteiger partial charge in [0.1, 0.15) is 5.01 Å². The average Bonchev–Trinajstić information content (AvgIpc) is 3.17. The highest BCUT2D eigenvalue weighted by atomic mass is 32.1. The molecule has 1 amide bonds. The number of thiazole rings is 1. The lowest BCUT2D eigenvalue weighted by Gasteiger charge is -2.13. The number of para-hydroxylation sites is 1. The molecule has 1 aromatic heterocycles. The lowest BCUT2D eigenvalue weighted by molar-refractivity contribution is -0.152. The van der Waals surface area contributed by atoms with Gasteiger partial charge in [-0.2, -0.15) is 0 Å². The third kappa shape index (κ3) is 5.27. The normalized spacial score (nSPS) is 11.6. The molecule has 1 N–H and O–H groups in total. The summed E-state index contributed by atoms with van der Waals surface area (Å²) >= 11 is 1.49. The standard InChI is InChI=1S/C22H22N2O3S/c1-3-16-9-11-17(12-10-16)22-24-19(14-28-22)13-20(25)27-15(2)21(26)23-18-7-5-4-6-8-18/h4-12,14-15H,3,13H2,1-2H3,(H,23,26)/t15-/m0/s1. The zero-order chi connectivity index (χ0) is 19.9. The number of carbonyl (C=O) groups excluding carboxylic acids is 2. The number of hydrogen-bond donors (Lipinski definition) is 1. The summed E-state index contributed by atoms with van der Waals surface area (Å²) in [6, 6.07) is 17.3. The van der Waals surface area contributed by atoms with Gasteiger partial charge in [-0.05, 0) is 31.0 Å². The quantitative estimate of drug-likeness (QED) is 0.600. The Morgan fingerprint density at radius 1 is 1.11 bits per heavy atom. The van der Waals surface area contributed by atoms with E-state index in [-0.39, 0.29) is 12.3 Å². The van der Waals surface area contributed by atoms with Crippen molar-refractivity contribution in [1.82, 2.24) is 4.98 Å². The Morgan fingerprint density at radius 3 is 2.50 bits per heavy atom.